The highest BCUT2D eigenvalue weighted by molar-refractivity contribution is 5.94. The van der Waals surface area contributed by atoms with Crippen LogP contribution < -0.4 is 15.8 Å². The van der Waals surface area contributed by atoms with Gasteiger partial charge in [0.15, 0.2) is 5.65 Å². The van der Waals surface area contributed by atoms with Crippen molar-refractivity contribution in [3.8, 4) is 0 Å². The van der Waals surface area contributed by atoms with E-state index in [0.717, 1.165) is 5.56 Å². The first-order chi connectivity index (χ1) is 16.4. The lowest BCUT2D eigenvalue weighted by atomic mass is 10.0. The van der Waals surface area contributed by atoms with Gasteiger partial charge in [-0.3, -0.25) is 9.59 Å². The molecule has 0 spiro atoms. The molecule has 1 aromatic carbocycles. The van der Waals surface area contributed by atoms with E-state index in [9.17, 15) is 19.1 Å². The van der Waals surface area contributed by atoms with Crippen LogP contribution in [0.25, 0.3) is 5.65 Å². The first-order valence-corrected chi connectivity index (χ1v) is 10.9. The summed E-state index contributed by atoms with van der Waals surface area (Å²) in [6.45, 7) is 0.192. The molecule has 1 amide bonds. The maximum atomic E-state index is 14.0. The number of rotatable bonds is 5. The van der Waals surface area contributed by atoms with Gasteiger partial charge >= 0.3 is 0 Å². The van der Waals surface area contributed by atoms with Crippen molar-refractivity contribution >= 4 is 17.4 Å². The number of aliphatic hydroxyl groups is 1. The summed E-state index contributed by atoms with van der Waals surface area (Å²) in [5, 5.41) is 17.2. The first-order valence-electron chi connectivity index (χ1n) is 10.9. The van der Waals surface area contributed by atoms with Crippen molar-refractivity contribution in [1.29, 1.82) is 0 Å². The average Bonchev–Trinajstić information content (AvgIpc) is 3.44. The number of amides is 1. The number of carbonyl (C=O) groups is 1. The minimum absolute atomic E-state index is 0.0660. The van der Waals surface area contributed by atoms with Gasteiger partial charge in [-0.1, -0.05) is 12.1 Å². The summed E-state index contributed by atoms with van der Waals surface area (Å²) in [5.74, 6) is -0.202. The highest BCUT2D eigenvalue weighted by Gasteiger charge is 2.35. The third kappa shape index (κ3) is 3.92. The van der Waals surface area contributed by atoms with Crippen LogP contribution in [-0.4, -0.2) is 42.8 Å². The van der Waals surface area contributed by atoms with Crippen LogP contribution in [-0.2, 0) is 13.7 Å². The van der Waals surface area contributed by atoms with E-state index in [1.54, 1.807) is 42.2 Å². The van der Waals surface area contributed by atoms with Gasteiger partial charge < -0.3 is 19.9 Å². The molecule has 9 nitrogen and oxygen atoms in total. The lowest BCUT2D eigenvalue weighted by Gasteiger charge is -2.26. The van der Waals surface area contributed by atoms with E-state index in [-0.39, 0.29) is 35.6 Å². The minimum atomic E-state index is -0.452. The summed E-state index contributed by atoms with van der Waals surface area (Å²) in [5.41, 5.74) is 1.58. The number of benzene rings is 1. The number of fused-ring (bicyclic) bond motifs is 1. The van der Waals surface area contributed by atoms with Crippen molar-refractivity contribution in [3.05, 3.63) is 93.9 Å². The Morgan fingerprint density at radius 2 is 2.09 bits per heavy atom. The van der Waals surface area contributed by atoms with Crippen LogP contribution in [0.3, 0.4) is 0 Å². The van der Waals surface area contributed by atoms with Crippen molar-refractivity contribution in [2.45, 2.75) is 25.1 Å². The largest absolute Gasteiger partial charge is 0.390 e. The molecule has 2 atom stereocenters. The van der Waals surface area contributed by atoms with Gasteiger partial charge in [-0.05, 0) is 48.4 Å². The number of carbonyl (C=O) groups excluding carboxylic acids is 1. The van der Waals surface area contributed by atoms with Crippen molar-refractivity contribution in [2.24, 2.45) is 7.05 Å². The molecule has 0 bridgehead atoms. The Hall–Kier alpha value is -4.05. The van der Waals surface area contributed by atoms with Crippen LogP contribution in [0.4, 0.5) is 10.2 Å². The second-order valence-electron chi connectivity index (χ2n) is 8.34. The zero-order chi connectivity index (χ0) is 23.8. The standard InChI is InChI=1S/C24H23FN6O3/c1-29-9-3-6-19(24(29)34)23(33)27-17-11-20(15-4-2-5-16(25)10-15)30(13-17)22-8-7-21-26-12-18(14-32)31(21)28-22/h2-10,12,17,20,32H,11,13-14H2,1H3,(H,27,33)/t17-,20-/m0/s1. The molecule has 1 saturated heterocycles. The van der Waals surface area contributed by atoms with Crippen molar-refractivity contribution in [1.82, 2.24) is 24.5 Å². The molecule has 10 heteroatoms. The van der Waals surface area contributed by atoms with Gasteiger partial charge in [0.1, 0.15) is 17.2 Å². The third-order valence-corrected chi connectivity index (χ3v) is 6.11. The fourth-order valence-corrected chi connectivity index (χ4v) is 4.43. The highest BCUT2D eigenvalue weighted by Crippen LogP contribution is 2.36. The Balaban J connectivity index is 1.48. The number of pyridine rings is 1. The Morgan fingerprint density at radius 3 is 2.88 bits per heavy atom. The molecule has 1 aliphatic heterocycles. The number of aromatic nitrogens is 4. The van der Waals surface area contributed by atoms with E-state index in [1.807, 2.05) is 17.0 Å². The average molecular weight is 462 g/mol. The molecule has 174 valence electrons. The first kappa shape index (κ1) is 21.8. The Labute approximate surface area is 194 Å². The number of halogens is 1. The molecule has 0 saturated carbocycles. The fourth-order valence-electron chi connectivity index (χ4n) is 4.43. The molecule has 0 aliphatic carbocycles. The predicted molar refractivity (Wildman–Crippen MR) is 123 cm³/mol. The molecule has 4 heterocycles. The van der Waals surface area contributed by atoms with Gasteiger partial charge in [-0.2, -0.15) is 0 Å². The fraction of sp³-hybridized carbons (Fsp3) is 0.250. The Bertz CT molecular complexity index is 1430. The molecular weight excluding hydrogens is 439 g/mol. The summed E-state index contributed by atoms with van der Waals surface area (Å²) < 4.78 is 17.0. The van der Waals surface area contributed by atoms with Crippen LogP contribution in [0.15, 0.2) is 65.7 Å². The number of nitrogens with one attached hydrogen (secondary N) is 1. The molecule has 1 fully saturated rings. The van der Waals surface area contributed by atoms with Gasteiger partial charge in [0.2, 0.25) is 0 Å². The van der Waals surface area contributed by atoms with E-state index < -0.39 is 5.91 Å². The lowest BCUT2D eigenvalue weighted by Crippen LogP contribution is -2.40. The maximum Gasteiger partial charge on any atom is 0.263 e. The number of aryl methyl sites for hydroxylation is 1. The Morgan fingerprint density at radius 1 is 1.24 bits per heavy atom. The summed E-state index contributed by atoms with van der Waals surface area (Å²) in [4.78, 5) is 31.5. The second-order valence-corrected chi connectivity index (χ2v) is 8.34. The van der Waals surface area contributed by atoms with Gasteiger partial charge in [0.05, 0.1) is 24.5 Å². The van der Waals surface area contributed by atoms with Gasteiger partial charge in [-0.25, -0.2) is 13.9 Å². The number of nitrogens with zero attached hydrogens (tertiary/aromatic N) is 5. The zero-order valence-electron chi connectivity index (χ0n) is 18.4. The van der Waals surface area contributed by atoms with Crippen LogP contribution in [0, 0.1) is 5.82 Å². The van der Waals surface area contributed by atoms with Gasteiger partial charge in [-0.15, -0.1) is 5.10 Å². The second kappa shape index (κ2) is 8.71. The van der Waals surface area contributed by atoms with Gasteiger partial charge in [0, 0.05) is 25.8 Å². The SMILES string of the molecule is Cn1cccc(C(=O)N[C@H]2C[C@@H](c3cccc(F)c3)N(c3ccc4ncc(CO)n4n3)C2)c1=O. The van der Waals surface area contributed by atoms with E-state index in [4.69, 9.17) is 0 Å². The molecule has 34 heavy (non-hydrogen) atoms. The molecule has 2 N–H and O–H groups in total. The number of hydrogen-bond donors (Lipinski definition) is 2. The summed E-state index contributed by atoms with van der Waals surface area (Å²) in [6, 6.07) is 12.5. The van der Waals surface area contributed by atoms with Crippen LogP contribution in [0.1, 0.15) is 34.1 Å². The molecule has 3 aromatic heterocycles. The van der Waals surface area contributed by atoms with E-state index >= 15 is 0 Å². The number of anilines is 1. The summed E-state index contributed by atoms with van der Waals surface area (Å²) in [6.07, 6.45) is 3.65. The number of imidazole rings is 1. The summed E-state index contributed by atoms with van der Waals surface area (Å²) >= 11 is 0. The molecule has 1 aliphatic rings. The van der Waals surface area contributed by atoms with Crippen molar-refractivity contribution < 1.29 is 14.3 Å². The maximum absolute atomic E-state index is 14.0. The quantitative estimate of drug-likeness (QED) is 0.469. The minimum Gasteiger partial charge on any atom is -0.390 e. The predicted octanol–water partition coefficient (Wildman–Crippen LogP) is 1.81. The molecular formula is C24H23FN6O3. The molecule has 0 unspecified atom stereocenters. The Kier molecular flexibility index (Phi) is 5.58. The number of aliphatic hydroxyl groups excluding tert-OH is 1. The van der Waals surface area contributed by atoms with Crippen LogP contribution in [0.5, 0.6) is 0 Å². The summed E-state index contributed by atoms with van der Waals surface area (Å²) in [7, 11) is 1.59. The molecule has 5 rings (SSSR count). The van der Waals surface area contributed by atoms with E-state index in [1.165, 1.54) is 22.8 Å². The smallest absolute Gasteiger partial charge is 0.263 e. The van der Waals surface area contributed by atoms with Crippen molar-refractivity contribution in [2.75, 3.05) is 11.4 Å². The zero-order valence-corrected chi connectivity index (χ0v) is 18.4. The molecule has 0 radical (unpaired) electrons. The van der Waals surface area contributed by atoms with E-state index in [2.05, 4.69) is 15.4 Å². The van der Waals surface area contributed by atoms with Crippen molar-refractivity contribution in [3.63, 3.8) is 0 Å². The monoisotopic (exact) mass is 462 g/mol. The highest BCUT2D eigenvalue weighted by atomic mass is 19.1. The van der Waals surface area contributed by atoms with E-state index in [0.29, 0.717) is 30.1 Å². The third-order valence-electron chi connectivity index (χ3n) is 6.11. The lowest BCUT2D eigenvalue weighted by molar-refractivity contribution is 0.0937. The van der Waals surface area contributed by atoms with Crippen LogP contribution >= 0.6 is 0 Å². The number of hydrogen-bond acceptors (Lipinski definition) is 6. The topological polar surface area (TPSA) is 105 Å². The molecule has 4 aromatic rings. The normalized spacial score (nSPS) is 17.9. The van der Waals surface area contributed by atoms with Crippen LogP contribution in [0.2, 0.25) is 0 Å². The van der Waals surface area contributed by atoms with Gasteiger partial charge in [0.25, 0.3) is 11.5 Å².